The summed E-state index contributed by atoms with van der Waals surface area (Å²) in [5, 5.41) is 4.61. The summed E-state index contributed by atoms with van der Waals surface area (Å²) in [6.45, 7) is 4.95. The first-order valence-electron chi connectivity index (χ1n) is 7.21. The molecule has 21 heavy (non-hydrogen) atoms. The van der Waals surface area contributed by atoms with Crippen molar-refractivity contribution in [2.24, 2.45) is 5.73 Å². The summed E-state index contributed by atoms with van der Waals surface area (Å²) in [6, 6.07) is 5.51. The number of likely N-dealkylation sites (tertiary alicyclic amines) is 1. The molecule has 3 rings (SSSR count). The zero-order chi connectivity index (χ0) is 14.8. The van der Waals surface area contributed by atoms with Crippen molar-refractivity contribution in [3.8, 4) is 11.5 Å². The van der Waals surface area contributed by atoms with E-state index in [1.807, 2.05) is 25.1 Å². The minimum atomic E-state index is -0.232. The van der Waals surface area contributed by atoms with Gasteiger partial charge in [0, 0.05) is 6.54 Å². The summed E-state index contributed by atoms with van der Waals surface area (Å²) in [4.78, 5) is 6.73. The average Bonchev–Trinajstić information content (AvgIpc) is 3.09. The number of nitrogens with zero attached hydrogens (tertiary/aromatic N) is 3. The first kappa shape index (κ1) is 14.5. The SMILES string of the molecule is Cc1ccc(-c2nc(C(N)CN3CCCC3)no2)c(Cl)c1. The standard InChI is InChI=1S/C15H19ClN4O/c1-10-4-5-11(12(16)8-10)15-18-14(19-21-15)13(17)9-20-6-2-3-7-20/h4-5,8,13H,2-3,6-7,9,17H2,1H3. The fourth-order valence-electron chi connectivity index (χ4n) is 2.61. The Morgan fingerprint density at radius 3 is 2.86 bits per heavy atom. The Morgan fingerprint density at radius 1 is 1.38 bits per heavy atom. The van der Waals surface area contributed by atoms with Crippen LogP contribution in [-0.4, -0.2) is 34.7 Å². The van der Waals surface area contributed by atoms with Crippen LogP contribution in [0.4, 0.5) is 0 Å². The molecule has 112 valence electrons. The van der Waals surface area contributed by atoms with Gasteiger partial charge in [0.15, 0.2) is 5.82 Å². The van der Waals surface area contributed by atoms with Crippen molar-refractivity contribution in [3.63, 3.8) is 0 Å². The average molecular weight is 307 g/mol. The molecule has 1 atom stereocenters. The number of hydrogen-bond donors (Lipinski definition) is 1. The van der Waals surface area contributed by atoms with Gasteiger partial charge in [-0.1, -0.05) is 22.8 Å². The van der Waals surface area contributed by atoms with Crippen LogP contribution >= 0.6 is 11.6 Å². The van der Waals surface area contributed by atoms with Gasteiger partial charge in [-0.15, -0.1) is 0 Å². The van der Waals surface area contributed by atoms with Crippen LogP contribution in [0.1, 0.15) is 30.3 Å². The van der Waals surface area contributed by atoms with Crippen LogP contribution in [0.5, 0.6) is 0 Å². The molecular weight excluding hydrogens is 288 g/mol. The van der Waals surface area contributed by atoms with Crippen LogP contribution in [0, 0.1) is 6.92 Å². The number of rotatable bonds is 4. The van der Waals surface area contributed by atoms with Crippen LogP contribution in [0.2, 0.25) is 5.02 Å². The van der Waals surface area contributed by atoms with Gasteiger partial charge in [-0.25, -0.2) is 0 Å². The summed E-state index contributed by atoms with van der Waals surface area (Å²) >= 11 is 6.22. The van der Waals surface area contributed by atoms with Crippen molar-refractivity contribution in [1.82, 2.24) is 15.0 Å². The molecular formula is C15H19ClN4O. The van der Waals surface area contributed by atoms with Crippen LogP contribution in [0.25, 0.3) is 11.5 Å². The van der Waals surface area contributed by atoms with Gasteiger partial charge < -0.3 is 15.2 Å². The Bertz CT molecular complexity index is 622. The van der Waals surface area contributed by atoms with Crippen molar-refractivity contribution in [2.45, 2.75) is 25.8 Å². The topological polar surface area (TPSA) is 68.2 Å². The Hall–Kier alpha value is -1.43. The highest BCUT2D eigenvalue weighted by atomic mass is 35.5. The van der Waals surface area contributed by atoms with Crippen LogP contribution in [-0.2, 0) is 0 Å². The van der Waals surface area contributed by atoms with E-state index >= 15 is 0 Å². The highest BCUT2D eigenvalue weighted by molar-refractivity contribution is 6.33. The highest BCUT2D eigenvalue weighted by Crippen LogP contribution is 2.28. The van der Waals surface area contributed by atoms with E-state index in [1.54, 1.807) is 0 Å². The molecule has 1 aromatic heterocycles. The van der Waals surface area contributed by atoms with E-state index in [4.69, 9.17) is 21.9 Å². The molecule has 0 aliphatic carbocycles. The summed E-state index contributed by atoms with van der Waals surface area (Å²) < 4.78 is 5.31. The van der Waals surface area contributed by atoms with E-state index in [1.165, 1.54) is 12.8 Å². The summed E-state index contributed by atoms with van der Waals surface area (Å²) in [5.74, 6) is 0.959. The molecule has 0 bridgehead atoms. The molecule has 2 aromatic rings. The third kappa shape index (κ3) is 3.26. The van der Waals surface area contributed by atoms with E-state index in [-0.39, 0.29) is 6.04 Å². The normalized spacial score (nSPS) is 17.3. The molecule has 1 fully saturated rings. The lowest BCUT2D eigenvalue weighted by Gasteiger charge is -2.17. The maximum atomic E-state index is 6.22. The van der Waals surface area contributed by atoms with E-state index in [9.17, 15) is 0 Å². The third-order valence-electron chi connectivity index (χ3n) is 3.78. The monoisotopic (exact) mass is 306 g/mol. The zero-order valence-corrected chi connectivity index (χ0v) is 12.8. The molecule has 1 aliphatic rings. The molecule has 1 unspecified atom stereocenters. The quantitative estimate of drug-likeness (QED) is 0.940. The van der Waals surface area contributed by atoms with Gasteiger partial charge in [-0.05, 0) is 50.6 Å². The Kier molecular flexibility index (Phi) is 4.24. The van der Waals surface area contributed by atoms with Crippen molar-refractivity contribution in [3.05, 3.63) is 34.6 Å². The first-order chi connectivity index (χ1) is 10.1. The zero-order valence-electron chi connectivity index (χ0n) is 12.1. The lowest BCUT2D eigenvalue weighted by Crippen LogP contribution is -2.30. The summed E-state index contributed by atoms with van der Waals surface area (Å²) in [6.07, 6.45) is 2.48. The Morgan fingerprint density at radius 2 is 2.14 bits per heavy atom. The summed E-state index contributed by atoms with van der Waals surface area (Å²) in [5.41, 5.74) is 8.01. The molecule has 2 heterocycles. The first-order valence-corrected chi connectivity index (χ1v) is 7.59. The van der Waals surface area contributed by atoms with Crippen molar-refractivity contribution in [2.75, 3.05) is 19.6 Å². The predicted molar refractivity (Wildman–Crippen MR) is 82.1 cm³/mol. The fourth-order valence-corrected chi connectivity index (χ4v) is 2.93. The molecule has 2 N–H and O–H groups in total. The molecule has 6 heteroatoms. The van der Waals surface area contributed by atoms with E-state index in [0.717, 1.165) is 30.8 Å². The predicted octanol–water partition coefficient (Wildman–Crippen LogP) is 2.79. The number of hydrogen-bond acceptors (Lipinski definition) is 5. The lowest BCUT2D eigenvalue weighted by molar-refractivity contribution is 0.306. The molecule has 0 radical (unpaired) electrons. The van der Waals surface area contributed by atoms with Gasteiger partial charge in [-0.2, -0.15) is 4.98 Å². The highest BCUT2D eigenvalue weighted by Gasteiger charge is 2.21. The number of aryl methyl sites for hydroxylation is 1. The molecule has 1 aliphatic heterocycles. The largest absolute Gasteiger partial charge is 0.334 e. The third-order valence-corrected chi connectivity index (χ3v) is 4.09. The van der Waals surface area contributed by atoms with E-state index in [0.29, 0.717) is 16.7 Å². The number of nitrogens with two attached hydrogens (primary N) is 1. The second-order valence-corrected chi connectivity index (χ2v) is 5.96. The van der Waals surface area contributed by atoms with Gasteiger partial charge in [0.2, 0.25) is 0 Å². The van der Waals surface area contributed by atoms with Gasteiger partial charge >= 0.3 is 0 Å². The second-order valence-electron chi connectivity index (χ2n) is 5.56. The molecule has 5 nitrogen and oxygen atoms in total. The van der Waals surface area contributed by atoms with Crippen molar-refractivity contribution >= 4 is 11.6 Å². The number of halogens is 1. The fraction of sp³-hybridized carbons (Fsp3) is 0.467. The molecule has 0 saturated carbocycles. The van der Waals surface area contributed by atoms with E-state index in [2.05, 4.69) is 15.0 Å². The maximum absolute atomic E-state index is 6.22. The maximum Gasteiger partial charge on any atom is 0.259 e. The second kappa shape index (κ2) is 6.13. The molecule has 0 amide bonds. The molecule has 0 spiro atoms. The Labute approximate surface area is 129 Å². The minimum Gasteiger partial charge on any atom is -0.334 e. The number of benzene rings is 1. The van der Waals surface area contributed by atoms with Crippen LogP contribution < -0.4 is 5.73 Å². The smallest absolute Gasteiger partial charge is 0.259 e. The van der Waals surface area contributed by atoms with Gasteiger partial charge in [0.1, 0.15) is 0 Å². The van der Waals surface area contributed by atoms with Gasteiger partial charge in [0.05, 0.1) is 16.6 Å². The van der Waals surface area contributed by atoms with Crippen LogP contribution in [0.15, 0.2) is 22.7 Å². The van der Waals surface area contributed by atoms with Crippen LogP contribution in [0.3, 0.4) is 0 Å². The molecule has 1 aromatic carbocycles. The Balaban J connectivity index is 1.76. The molecule has 1 saturated heterocycles. The van der Waals surface area contributed by atoms with Crippen molar-refractivity contribution < 1.29 is 4.52 Å². The van der Waals surface area contributed by atoms with Gasteiger partial charge in [0.25, 0.3) is 5.89 Å². The van der Waals surface area contributed by atoms with Crippen molar-refractivity contribution in [1.29, 1.82) is 0 Å². The van der Waals surface area contributed by atoms with E-state index < -0.39 is 0 Å². The summed E-state index contributed by atoms with van der Waals surface area (Å²) in [7, 11) is 0. The minimum absolute atomic E-state index is 0.232. The number of aromatic nitrogens is 2. The lowest BCUT2D eigenvalue weighted by atomic mass is 10.1. The van der Waals surface area contributed by atoms with Gasteiger partial charge in [-0.3, -0.25) is 0 Å².